The Balaban J connectivity index is 2.31. The van der Waals surface area contributed by atoms with Crippen LogP contribution in [0.25, 0.3) is 0 Å². The topological polar surface area (TPSA) is 33.2 Å². The SMILES string of the molecule is CC(=O)N1Cc2cc(C(F)(F)F)cnc2C1. The lowest BCUT2D eigenvalue weighted by atomic mass is 10.1. The van der Waals surface area contributed by atoms with Gasteiger partial charge in [-0.3, -0.25) is 9.78 Å². The predicted molar refractivity (Wildman–Crippen MR) is 49.2 cm³/mol. The number of hydrogen-bond donors (Lipinski definition) is 0. The van der Waals surface area contributed by atoms with E-state index in [4.69, 9.17) is 0 Å². The van der Waals surface area contributed by atoms with Crippen LogP contribution in [0.3, 0.4) is 0 Å². The van der Waals surface area contributed by atoms with E-state index in [9.17, 15) is 18.0 Å². The van der Waals surface area contributed by atoms with Crippen molar-refractivity contribution in [2.75, 3.05) is 0 Å². The molecule has 0 atom stereocenters. The number of carbonyl (C=O) groups is 1. The first-order valence-electron chi connectivity index (χ1n) is 4.68. The molecule has 0 aromatic carbocycles. The first kappa shape index (κ1) is 10.9. The molecule has 2 heterocycles. The highest BCUT2D eigenvalue weighted by Gasteiger charge is 2.33. The molecule has 1 aliphatic heterocycles. The Bertz CT molecular complexity index is 442. The summed E-state index contributed by atoms with van der Waals surface area (Å²) in [5.41, 5.74) is 0.255. The largest absolute Gasteiger partial charge is 0.417 e. The molecule has 0 bridgehead atoms. The number of rotatable bonds is 0. The summed E-state index contributed by atoms with van der Waals surface area (Å²) in [6.45, 7) is 1.89. The van der Waals surface area contributed by atoms with Crippen LogP contribution in [0.15, 0.2) is 12.3 Å². The molecular weight excluding hydrogens is 221 g/mol. The van der Waals surface area contributed by atoms with E-state index in [0.29, 0.717) is 17.8 Å². The van der Waals surface area contributed by atoms with E-state index < -0.39 is 11.7 Å². The molecule has 0 N–H and O–H groups in total. The molecule has 6 heteroatoms. The third-order valence-corrected chi connectivity index (χ3v) is 2.53. The van der Waals surface area contributed by atoms with E-state index in [1.54, 1.807) is 0 Å². The van der Waals surface area contributed by atoms with Gasteiger partial charge >= 0.3 is 6.18 Å². The molecule has 1 aliphatic rings. The van der Waals surface area contributed by atoms with Crippen molar-refractivity contribution >= 4 is 5.91 Å². The Hall–Kier alpha value is -1.59. The van der Waals surface area contributed by atoms with Crippen molar-refractivity contribution in [1.82, 2.24) is 9.88 Å². The molecular formula is C10H9F3N2O. The average molecular weight is 230 g/mol. The third-order valence-electron chi connectivity index (χ3n) is 2.53. The standard InChI is InChI=1S/C10H9F3N2O/c1-6(16)15-4-7-2-8(10(11,12)13)3-14-9(7)5-15/h2-3H,4-5H2,1H3. The van der Waals surface area contributed by atoms with Gasteiger partial charge in [0.2, 0.25) is 5.91 Å². The number of carbonyl (C=O) groups excluding carboxylic acids is 1. The fourth-order valence-electron chi connectivity index (χ4n) is 1.64. The average Bonchev–Trinajstić information content (AvgIpc) is 2.58. The Kier molecular flexibility index (Phi) is 2.36. The zero-order chi connectivity index (χ0) is 11.9. The maximum Gasteiger partial charge on any atom is 0.417 e. The molecule has 0 saturated heterocycles. The lowest BCUT2D eigenvalue weighted by Crippen LogP contribution is -2.21. The molecule has 0 unspecified atom stereocenters. The number of halogens is 3. The number of alkyl halides is 3. The maximum atomic E-state index is 12.4. The number of hydrogen-bond acceptors (Lipinski definition) is 2. The molecule has 0 spiro atoms. The molecule has 0 aliphatic carbocycles. The normalized spacial score (nSPS) is 15.1. The highest BCUT2D eigenvalue weighted by molar-refractivity contribution is 5.73. The van der Waals surface area contributed by atoms with Gasteiger partial charge in [0.05, 0.1) is 17.8 Å². The molecule has 0 fully saturated rings. The van der Waals surface area contributed by atoms with Gasteiger partial charge in [0.25, 0.3) is 0 Å². The number of pyridine rings is 1. The summed E-state index contributed by atoms with van der Waals surface area (Å²) in [5, 5.41) is 0. The van der Waals surface area contributed by atoms with Gasteiger partial charge in [0.1, 0.15) is 0 Å². The smallest absolute Gasteiger partial charge is 0.333 e. The highest BCUT2D eigenvalue weighted by atomic mass is 19.4. The van der Waals surface area contributed by atoms with Gasteiger partial charge in [-0.05, 0) is 11.6 Å². The molecule has 1 aromatic rings. The summed E-state index contributed by atoms with van der Waals surface area (Å²) in [4.78, 5) is 16.3. The molecule has 3 nitrogen and oxygen atoms in total. The van der Waals surface area contributed by atoms with Crippen molar-refractivity contribution < 1.29 is 18.0 Å². The highest BCUT2D eigenvalue weighted by Crippen LogP contribution is 2.31. The minimum atomic E-state index is -4.38. The van der Waals surface area contributed by atoms with Crippen molar-refractivity contribution in [3.05, 3.63) is 29.1 Å². The van der Waals surface area contributed by atoms with Gasteiger partial charge < -0.3 is 4.90 Å². The van der Waals surface area contributed by atoms with Crippen LogP contribution in [0, 0.1) is 0 Å². The maximum absolute atomic E-state index is 12.4. The number of amides is 1. The van der Waals surface area contributed by atoms with Crippen LogP contribution in [0.4, 0.5) is 13.2 Å². The summed E-state index contributed by atoms with van der Waals surface area (Å²) < 4.78 is 37.2. The summed E-state index contributed by atoms with van der Waals surface area (Å²) in [6, 6.07) is 1.06. The first-order valence-corrected chi connectivity index (χ1v) is 4.68. The molecule has 1 amide bonds. The van der Waals surface area contributed by atoms with Crippen molar-refractivity contribution in [2.24, 2.45) is 0 Å². The fraction of sp³-hybridized carbons (Fsp3) is 0.400. The number of fused-ring (bicyclic) bond motifs is 1. The Labute approximate surface area is 89.9 Å². The van der Waals surface area contributed by atoms with E-state index in [2.05, 4.69) is 4.98 Å². The second-order valence-electron chi connectivity index (χ2n) is 3.70. The zero-order valence-electron chi connectivity index (χ0n) is 8.51. The second kappa shape index (κ2) is 3.47. The van der Waals surface area contributed by atoms with Gasteiger partial charge in [-0.25, -0.2) is 0 Å². The second-order valence-corrected chi connectivity index (χ2v) is 3.70. The summed E-state index contributed by atoms with van der Waals surface area (Å²) >= 11 is 0. The quantitative estimate of drug-likeness (QED) is 0.682. The van der Waals surface area contributed by atoms with Gasteiger partial charge in [0, 0.05) is 19.7 Å². The molecule has 86 valence electrons. The molecule has 0 radical (unpaired) electrons. The van der Waals surface area contributed by atoms with Crippen LogP contribution in [0.5, 0.6) is 0 Å². The van der Waals surface area contributed by atoms with E-state index >= 15 is 0 Å². The summed E-state index contributed by atoms with van der Waals surface area (Å²) in [6.07, 6.45) is -3.58. The van der Waals surface area contributed by atoms with Crippen molar-refractivity contribution in [3.8, 4) is 0 Å². The van der Waals surface area contributed by atoms with Crippen LogP contribution in [-0.4, -0.2) is 15.8 Å². The molecule has 1 aromatic heterocycles. The van der Waals surface area contributed by atoms with Gasteiger partial charge in [-0.15, -0.1) is 0 Å². The van der Waals surface area contributed by atoms with Gasteiger partial charge in [0.15, 0.2) is 0 Å². The van der Waals surface area contributed by atoms with E-state index in [-0.39, 0.29) is 12.5 Å². The molecule has 2 rings (SSSR count). The lowest BCUT2D eigenvalue weighted by Gasteiger charge is -2.10. The number of aromatic nitrogens is 1. The van der Waals surface area contributed by atoms with Crippen LogP contribution in [0.1, 0.15) is 23.7 Å². The first-order chi connectivity index (χ1) is 7.38. The fourth-order valence-corrected chi connectivity index (χ4v) is 1.64. The zero-order valence-corrected chi connectivity index (χ0v) is 8.51. The molecule has 16 heavy (non-hydrogen) atoms. The van der Waals surface area contributed by atoms with Crippen molar-refractivity contribution in [1.29, 1.82) is 0 Å². The van der Waals surface area contributed by atoms with E-state index in [0.717, 1.165) is 12.3 Å². The summed E-state index contributed by atoms with van der Waals surface area (Å²) in [5.74, 6) is -0.161. The summed E-state index contributed by atoms with van der Waals surface area (Å²) in [7, 11) is 0. The van der Waals surface area contributed by atoms with E-state index in [1.165, 1.54) is 11.8 Å². The molecule has 0 saturated carbocycles. The Morgan fingerprint density at radius 3 is 2.69 bits per heavy atom. The van der Waals surface area contributed by atoms with Gasteiger partial charge in [-0.2, -0.15) is 13.2 Å². The van der Waals surface area contributed by atoms with Crippen LogP contribution in [0.2, 0.25) is 0 Å². The Morgan fingerprint density at radius 2 is 2.12 bits per heavy atom. The van der Waals surface area contributed by atoms with Gasteiger partial charge in [-0.1, -0.05) is 0 Å². The predicted octanol–water partition coefficient (Wildman–Crippen LogP) is 1.96. The van der Waals surface area contributed by atoms with Crippen LogP contribution >= 0.6 is 0 Å². The van der Waals surface area contributed by atoms with Crippen LogP contribution in [-0.2, 0) is 24.1 Å². The minimum Gasteiger partial charge on any atom is -0.333 e. The van der Waals surface area contributed by atoms with Crippen LogP contribution < -0.4 is 0 Å². The van der Waals surface area contributed by atoms with Crippen molar-refractivity contribution in [2.45, 2.75) is 26.2 Å². The minimum absolute atomic E-state index is 0.161. The monoisotopic (exact) mass is 230 g/mol. The number of nitrogens with zero attached hydrogens (tertiary/aromatic N) is 2. The lowest BCUT2D eigenvalue weighted by molar-refractivity contribution is -0.137. The Morgan fingerprint density at radius 1 is 1.44 bits per heavy atom. The van der Waals surface area contributed by atoms with E-state index in [1.807, 2.05) is 0 Å². The third kappa shape index (κ3) is 1.87. The van der Waals surface area contributed by atoms with Crippen molar-refractivity contribution in [3.63, 3.8) is 0 Å².